The highest BCUT2D eigenvalue weighted by Crippen LogP contribution is 1.95. The van der Waals surface area contributed by atoms with Gasteiger partial charge in [0.25, 0.3) is 0 Å². The molecule has 0 aromatic carbocycles. The third kappa shape index (κ3) is 0.866. The van der Waals surface area contributed by atoms with Crippen LogP contribution in [0.3, 0.4) is 0 Å². The van der Waals surface area contributed by atoms with Crippen LogP contribution in [0.4, 0.5) is 5.95 Å². The molecule has 0 amide bonds. The Labute approximate surface area is 45.6 Å². The summed E-state index contributed by atoms with van der Waals surface area (Å²) < 4.78 is 3.85. The molecule has 1 heterocycles. The molecule has 0 aliphatic heterocycles. The summed E-state index contributed by atoms with van der Waals surface area (Å²) in [6.45, 7) is 0. The van der Waals surface area contributed by atoms with Crippen molar-refractivity contribution in [3.63, 3.8) is 0 Å². The van der Waals surface area contributed by atoms with Crippen LogP contribution in [0, 0.1) is 0 Å². The lowest BCUT2D eigenvalue weighted by Gasteiger charge is -1.82. The van der Waals surface area contributed by atoms with E-state index in [1.165, 1.54) is 11.5 Å². The Morgan fingerprint density at radius 3 is 3.00 bits per heavy atom. The van der Waals surface area contributed by atoms with E-state index in [1.807, 2.05) is 0 Å². The zero-order valence-electron chi connectivity index (χ0n) is 3.88. The maximum absolute atomic E-state index is 3.85. The summed E-state index contributed by atoms with van der Waals surface area (Å²) in [5.41, 5.74) is 1.69. The fraction of sp³-hybridized carbons (Fsp3) is 0.333. The van der Waals surface area contributed by atoms with Gasteiger partial charge in [0, 0.05) is 7.05 Å². The van der Waals surface area contributed by atoms with Gasteiger partial charge in [0.05, 0.1) is 0 Å². The molecule has 1 N–H and O–H groups in total. The molecule has 0 unspecified atom stereocenters. The highest BCUT2D eigenvalue weighted by Gasteiger charge is 1.84. The first kappa shape index (κ1) is 4.52. The average Bonchev–Trinajstić information content (AvgIpc) is 2.14. The highest BCUT2D eigenvalue weighted by molar-refractivity contribution is 7.03. The van der Waals surface area contributed by atoms with E-state index in [9.17, 15) is 0 Å². The smallest absolute Gasteiger partial charge is 0.234 e. The van der Waals surface area contributed by atoms with Crippen molar-refractivity contribution >= 4 is 17.5 Å². The zero-order chi connectivity index (χ0) is 5.11. The standard InChI is InChI=1S/C3H5N3S/c1-4-3-5-2-7-6-3/h2H,1H3,(H,4,6). The lowest BCUT2D eigenvalue weighted by molar-refractivity contribution is 1.28. The molecule has 7 heavy (non-hydrogen) atoms. The largest absolute Gasteiger partial charge is 0.357 e. The van der Waals surface area contributed by atoms with E-state index in [-0.39, 0.29) is 0 Å². The maximum atomic E-state index is 3.85. The van der Waals surface area contributed by atoms with Crippen molar-refractivity contribution in [1.82, 2.24) is 9.36 Å². The van der Waals surface area contributed by atoms with Gasteiger partial charge in [-0.05, 0) is 11.5 Å². The number of hydrogen-bond donors (Lipinski definition) is 1. The zero-order valence-corrected chi connectivity index (χ0v) is 4.70. The first-order valence-electron chi connectivity index (χ1n) is 1.87. The Morgan fingerprint density at radius 2 is 2.71 bits per heavy atom. The summed E-state index contributed by atoms with van der Waals surface area (Å²) in [4.78, 5) is 3.83. The van der Waals surface area contributed by atoms with Crippen LogP contribution in [0.1, 0.15) is 0 Å². The molecule has 0 saturated heterocycles. The van der Waals surface area contributed by atoms with Crippen molar-refractivity contribution in [2.75, 3.05) is 12.4 Å². The van der Waals surface area contributed by atoms with Gasteiger partial charge in [0.2, 0.25) is 5.95 Å². The molecular weight excluding hydrogens is 110 g/mol. The van der Waals surface area contributed by atoms with E-state index in [4.69, 9.17) is 0 Å². The van der Waals surface area contributed by atoms with Crippen molar-refractivity contribution in [2.45, 2.75) is 0 Å². The molecule has 3 nitrogen and oxygen atoms in total. The van der Waals surface area contributed by atoms with Gasteiger partial charge in [-0.25, -0.2) is 4.98 Å². The molecule has 38 valence electrons. The SMILES string of the molecule is CNc1ncsn1. The van der Waals surface area contributed by atoms with E-state index < -0.39 is 0 Å². The third-order valence-electron chi connectivity index (χ3n) is 0.585. The number of nitrogens with zero attached hydrogens (tertiary/aromatic N) is 2. The van der Waals surface area contributed by atoms with Crippen LogP contribution in [0.25, 0.3) is 0 Å². The lowest BCUT2D eigenvalue weighted by atomic mass is 11.0. The maximum Gasteiger partial charge on any atom is 0.234 e. The van der Waals surface area contributed by atoms with Crippen LogP contribution in [-0.2, 0) is 0 Å². The Bertz CT molecular complexity index is 125. The Kier molecular flexibility index (Phi) is 1.21. The van der Waals surface area contributed by atoms with Crippen LogP contribution in [0.5, 0.6) is 0 Å². The average molecular weight is 115 g/mol. The first-order chi connectivity index (χ1) is 3.43. The van der Waals surface area contributed by atoms with Crippen molar-refractivity contribution in [1.29, 1.82) is 0 Å². The molecule has 1 rings (SSSR count). The molecule has 0 atom stereocenters. The summed E-state index contributed by atoms with van der Waals surface area (Å²) in [6, 6.07) is 0. The fourth-order valence-corrected chi connectivity index (χ4v) is 0.713. The monoisotopic (exact) mass is 115 g/mol. The molecule has 0 saturated carbocycles. The molecule has 0 radical (unpaired) electrons. The molecule has 0 aliphatic rings. The topological polar surface area (TPSA) is 37.8 Å². The minimum atomic E-state index is 0.699. The molecule has 0 fully saturated rings. The predicted molar refractivity (Wildman–Crippen MR) is 29.5 cm³/mol. The number of aromatic nitrogens is 2. The Hall–Kier alpha value is -0.640. The fourth-order valence-electron chi connectivity index (χ4n) is 0.281. The van der Waals surface area contributed by atoms with Gasteiger partial charge in [-0.1, -0.05) is 0 Å². The van der Waals surface area contributed by atoms with E-state index in [0.29, 0.717) is 5.95 Å². The van der Waals surface area contributed by atoms with E-state index in [1.54, 1.807) is 12.6 Å². The van der Waals surface area contributed by atoms with Gasteiger partial charge in [-0.3, -0.25) is 0 Å². The van der Waals surface area contributed by atoms with Crippen molar-refractivity contribution in [3.05, 3.63) is 5.51 Å². The molecule has 1 aromatic rings. The summed E-state index contributed by atoms with van der Waals surface area (Å²) >= 11 is 1.34. The van der Waals surface area contributed by atoms with Gasteiger partial charge < -0.3 is 5.32 Å². The quantitative estimate of drug-likeness (QED) is 0.581. The minimum absolute atomic E-state index is 0.699. The van der Waals surface area contributed by atoms with Gasteiger partial charge in [-0.15, -0.1) is 0 Å². The molecule has 0 bridgehead atoms. The van der Waals surface area contributed by atoms with Crippen LogP contribution < -0.4 is 5.32 Å². The minimum Gasteiger partial charge on any atom is -0.357 e. The van der Waals surface area contributed by atoms with Gasteiger partial charge >= 0.3 is 0 Å². The van der Waals surface area contributed by atoms with Crippen LogP contribution in [-0.4, -0.2) is 16.4 Å². The second-order valence-electron chi connectivity index (χ2n) is 1.00. The van der Waals surface area contributed by atoms with Gasteiger partial charge in [-0.2, -0.15) is 4.37 Å². The summed E-state index contributed by atoms with van der Waals surface area (Å²) in [5.74, 6) is 0.699. The lowest BCUT2D eigenvalue weighted by Crippen LogP contribution is -1.87. The van der Waals surface area contributed by atoms with Crippen LogP contribution in [0.2, 0.25) is 0 Å². The summed E-state index contributed by atoms with van der Waals surface area (Å²) in [7, 11) is 1.79. The number of nitrogens with one attached hydrogen (secondary N) is 1. The second-order valence-corrected chi connectivity index (χ2v) is 1.61. The summed E-state index contributed by atoms with van der Waals surface area (Å²) in [5, 5.41) is 2.80. The molecule has 4 heteroatoms. The molecule has 1 aromatic heterocycles. The number of hydrogen-bond acceptors (Lipinski definition) is 4. The van der Waals surface area contributed by atoms with Crippen molar-refractivity contribution in [2.24, 2.45) is 0 Å². The second kappa shape index (κ2) is 1.88. The number of rotatable bonds is 1. The van der Waals surface area contributed by atoms with Crippen molar-refractivity contribution in [3.8, 4) is 0 Å². The third-order valence-corrected chi connectivity index (χ3v) is 1.06. The van der Waals surface area contributed by atoms with Gasteiger partial charge in [0.15, 0.2) is 0 Å². The van der Waals surface area contributed by atoms with Gasteiger partial charge in [0.1, 0.15) is 5.51 Å². The number of anilines is 1. The molecule has 0 spiro atoms. The van der Waals surface area contributed by atoms with Crippen molar-refractivity contribution < 1.29 is 0 Å². The summed E-state index contributed by atoms with van der Waals surface area (Å²) in [6.07, 6.45) is 0. The predicted octanol–water partition coefficient (Wildman–Crippen LogP) is 0.580. The highest BCUT2D eigenvalue weighted by atomic mass is 32.1. The first-order valence-corrected chi connectivity index (χ1v) is 2.71. The van der Waals surface area contributed by atoms with E-state index in [2.05, 4.69) is 14.7 Å². The molecule has 0 aliphatic carbocycles. The normalized spacial score (nSPS) is 8.71. The molecular formula is C3H5N3S. The van der Waals surface area contributed by atoms with Crippen LogP contribution >= 0.6 is 11.5 Å². The van der Waals surface area contributed by atoms with Crippen LogP contribution in [0.15, 0.2) is 5.51 Å². The Balaban J connectivity index is 2.76. The van der Waals surface area contributed by atoms with E-state index in [0.717, 1.165) is 0 Å². The Morgan fingerprint density at radius 1 is 1.86 bits per heavy atom. The van der Waals surface area contributed by atoms with E-state index >= 15 is 0 Å².